The Labute approximate surface area is 142 Å². The molecule has 0 spiro atoms. The summed E-state index contributed by atoms with van der Waals surface area (Å²) in [6.07, 6.45) is 3.32. The van der Waals surface area contributed by atoms with E-state index in [1.54, 1.807) is 36.5 Å². The van der Waals surface area contributed by atoms with Crippen LogP contribution in [-0.4, -0.2) is 19.1 Å². The van der Waals surface area contributed by atoms with Gasteiger partial charge in [0.05, 0.1) is 12.7 Å². The maximum absolute atomic E-state index is 11.8. The lowest BCUT2D eigenvalue weighted by molar-refractivity contribution is 0.0600. The molecule has 0 radical (unpaired) electrons. The van der Waals surface area contributed by atoms with Crippen LogP contribution in [-0.2, 0) is 4.74 Å². The van der Waals surface area contributed by atoms with Crippen molar-refractivity contribution in [2.24, 2.45) is 0 Å². The molecule has 0 atom stereocenters. The number of amides is 2. The van der Waals surface area contributed by atoms with Crippen molar-refractivity contribution in [1.82, 2.24) is 5.32 Å². The zero-order valence-electron chi connectivity index (χ0n) is 12.4. The number of anilines is 1. The highest BCUT2D eigenvalue weighted by Gasteiger charge is 2.06. The zero-order chi connectivity index (χ0) is 16.7. The number of nitrogens with one attached hydrogen (secondary N) is 2. The molecule has 5 nitrogen and oxygen atoms in total. The lowest BCUT2D eigenvalue weighted by atomic mass is 10.2. The Balaban J connectivity index is 1.93. The Morgan fingerprint density at radius 1 is 1.13 bits per heavy atom. The van der Waals surface area contributed by atoms with Crippen LogP contribution < -0.4 is 10.6 Å². The largest absolute Gasteiger partial charge is 0.465 e. The molecular weight excluding hydrogens is 360 g/mol. The molecule has 23 heavy (non-hydrogen) atoms. The van der Waals surface area contributed by atoms with Crippen LogP contribution in [0.3, 0.4) is 0 Å². The lowest BCUT2D eigenvalue weighted by Crippen LogP contribution is -2.23. The molecule has 0 saturated heterocycles. The molecule has 0 aromatic heterocycles. The van der Waals surface area contributed by atoms with E-state index in [9.17, 15) is 9.59 Å². The monoisotopic (exact) mass is 374 g/mol. The minimum absolute atomic E-state index is 0.370. The smallest absolute Gasteiger partial charge is 0.337 e. The number of hydrogen-bond donors (Lipinski definition) is 2. The standard InChI is InChI=1S/C17H15BrN2O3/c1-23-16(21)13-5-3-7-15(11-13)20-17(22)19-9-8-12-4-2-6-14(18)10-12/h2-11H,1H3,(H2,19,20,22)/b9-8+. The van der Waals surface area contributed by atoms with E-state index in [1.807, 2.05) is 24.3 Å². The van der Waals surface area contributed by atoms with Gasteiger partial charge in [0.1, 0.15) is 0 Å². The number of hydrogen-bond acceptors (Lipinski definition) is 3. The Hall–Kier alpha value is -2.60. The van der Waals surface area contributed by atoms with Gasteiger partial charge in [-0.3, -0.25) is 0 Å². The van der Waals surface area contributed by atoms with Crippen LogP contribution in [0.5, 0.6) is 0 Å². The molecule has 0 unspecified atom stereocenters. The summed E-state index contributed by atoms with van der Waals surface area (Å²) in [5.74, 6) is -0.455. The van der Waals surface area contributed by atoms with Gasteiger partial charge in [-0.15, -0.1) is 0 Å². The quantitative estimate of drug-likeness (QED) is 0.793. The fourth-order valence-corrected chi connectivity index (χ4v) is 2.25. The van der Waals surface area contributed by atoms with E-state index < -0.39 is 12.0 Å². The van der Waals surface area contributed by atoms with Crippen molar-refractivity contribution in [3.63, 3.8) is 0 Å². The number of carbonyl (C=O) groups is 2. The van der Waals surface area contributed by atoms with Crippen LogP contribution in [0, 0.1) is 0 Å². The van der Waals surface area contributed by atoms with Crippen molar-refractivity contribution >= 4 is 39.7 Å². The van der Waals surface area contributed by atoms with Gasteiger partial charge >= 0.3 is 12.0 Å². The number of benzene rings is 2. The van der Waals surface area contributed by atoms with E-state index in [0.717, 1.165) is 10.0 Å². The van der Waals surface area contributed by atoms with E-state index >= 15 is 0 Å². The van der Waals surface area contributed by atoms with Crippen molar-refractivity contribution in [2.45, 2.75) is 0 Å². The topological polar surface area (TPSA) is 67.4 Å². The summed E-state index contributed by atoms with van der Waals surface area (Å²) in [7, 11) is 1.31. The number of ether oxygens (including phenoxy) is 1. The average Bonchev–Trinajstić information content (AvgIpc) is 2.54. The zero-order valence-corrected chi connectivity index (χ0v) is 14.0. The third-order valence-electron chi connectivity index (χ3n) is 2.88. The molecular formula is C17H15BrN2O3. The number of halogens is 1. The van der Waals surface area contributed by atoms with Gasteiger partial charge in [0, 0.05) is 16.4 Å². The highest BCUT2D eigenvalue weighted by molar-refractivity contribution is 9.10. The van der Waals surface area contributed by atoms with Gasteiger partial charge in [-0.1, -0.05) is 34.1 Å². The van der Waals surface area contributed by atoms with Gasteiger partial charge in [-0.25, -0.2) is 9.59 Å². The molecule has 0 saturated carbocycles. The van der Waals surface area contributed by atoms with Crippen LogP contribution in [0.4, 0.5) is 10.5 Å². The molecule has 2 N–H and O–H groups in total. The van der Waals surface area contributed by atoms with Crippen molar-refractivity contribution in [2.75, 3.05) is 12.4 Å². The maximum Gasteiger partial charge on any atom is 0.337 e. The van der Waals surface area contributed by atoms with Crippen LogP contribution in [0.1, 0.15) is 15.9 Å². The van der Waals surface area contributed by atoms with Crippen LogP contribution in [0.25, 0.3) is 6.08 Å². The minimum atomic E-state index is -0.455. The first-order chi connectivity index (χ1) is 11.1. The first kappa shape index (κ1) is 16.8. The first-order valence-corrected chi connectivity index (χ1v) is 7.56. The molecule has 0 fully saturated rings. The Morgan fingerprint density at radius 2 is 1.91 bits per heavy atom. The van der Waals surface area contributed by atoms with Gasteiger partial charge in [0.25, 0.3) is 0 Å². The van der Waals surface area contributed by atoms with Gasteiger partial charge in [-0.2, -0.15) is 0 Å². The Bertz CT molecular complexity index is 744. The van der Waals surface area contributed by atoms with Gasteiger partial charge < -0.3 is 15.4 Å². The van der Waals surface area contributed by atoms with E-state index in [-0.39, 0.29) is 0 Å². The summed E-state index contributed by atoms with van der Waals surface area (Å²) < 4.78 is 5.60. The normalized spacial score (nSPS) is 10.3. The molecule has 2 aromatic rings. The molecule has 6 heteroatoms. The average molecular weight is 375 g/mol. The van der Waals surface area contributed by atoms with Gasteiger partial charge in [-0.05, 0) is 42.0 Å². The predicted molar refractivity (Wildman–Crippen MR) is 93.1 cm³/mol. The molecule has 0 aliphatic heterocycles. The van der Waals surface area contributed by atoms with Crippen LogP contribution >= 0.6 is 15.9 Å². The van der Waals surface area contributed by atoms with Crippen molar-refractivity contribution in [3.8, 4) is 0 Å². The Morgan fingerprint density at radius 3 is 2.65 bits per heavy atom. The number of carbonyl (C=O) groups excluding carboxylic acids is 2. The van der Waals surface area contributed by atoms with Crippen LogP contribution in [0.2, 0.25) is 0 Å². The molecule has 2 rings (SSSR count). The summed E-state index contributed by atoms with van der Waals surface area (Å²) in [6.45, 7) is 0. The molecule has 0 heterocycles. The molecule has 2 amide bonds. The third-order valence-corrected chi connectivity index (χ3v) is 3.37. The SMILES string of the molecule is COC(=O)c1cccc(NC(=O)N/C=C/c2cccc(Br)c2)c1. The van der Waals surface area contributed by atoms with Crippen molar-refractivity contribution in [1.29, 1.82) is 0 Å². The van der Waals surface area contributed by atoms with Crippen LogP contribution in [0.15, 0.2) is 59.2 Å². The van der Waals surface area contributed by atoms with E-state index in [0.29, 0.717) is 11.3 Å². The highest BCUT2D eigenvalue weighted by atomic mass is 79.9. The summed E-state index contributed by atoms with van der Waals surface area (Å²) in [6, 6.07) is 13.8. The second kappa shape index (κ2) is 8.14. The number of methoxy groups -OCH3 is 1. The summed E-state index contributed by atoms with van der Waals surface area (Å²) in [5.41, 5.74) is 1.82. The van der Waals surface area contributed by atoms with E-state index in [1.165, 1.54) is 7.11 Å². The summed E-state index contributed by atoms with van der Waals surface area (Å²) in [4.78, 5) is 23.3. The second-order valence-electron chi connectivity index (χ2n) is 4.56. The Kier molecular flexibility index (Phi) is 5.94. The number of esters is 1. The van der Waals surface area contributed by atoms with E-state index in [2.05, 4.69) is 31.3 Å². The minimum Gasteiger partial charge on any atom is -0.465 e. The third kappa shape index (κ3) is 5.27. The first-order valence-electron chi connectivity index (χ1n) is 6.76. The lowest BCUT2D eigenvalue weighted by Gasteiger charge is -2.06. The molecule has 0 bridgehead atoms. The fourth-order valence-electron chi connectivity index (χ4n) is 1.83. The summed E-state index contributed by atoms with van der Waals surface area (Å²) in [5, 5.41) is 5.24. The number of rotatable bonds is 4. The molecule has 118 valence electrons. The highest BCUT2D eigenvalue weighted by Crippen LogP contribution is 2.13. The second-order valence-corrected chi connectivity index (χ2v) is 5.47. The van der Waals surface area contributed by atoms with Crippen molar-refractivity contribution in [3.05, 3.63) is 70.3 Å². The fraction of sp³-hybridized carbons (Fsp3) is 0.0588. The number of urea groups is 1. The molecule has 0 aliphatic rings. The van der Waals surface area contributed by atoms with E-state index in [4.69, 9.17) is 0 Å². The van der Waals surface area contributed by atoms with Crippen molar-refractivity contribution < 1.29 is 14.3 Å². The molecule has 2 aromatic carbocycles. The van der Waals surface area contributed by atoms with Gasteiger partial charge in [0.2, 0.25) is 0 Å². The summed E-state index contributed by atoms with van der Waals surface area (Å²) >= 11 is 3.38. The molecule has 0 aliphatic carbocycles. The maximum atomic E-state index is 11.8. The van der Waals surface area contributed by atoms with Gasteiger partial charge in [0.15, 0.2) is 0 Å². The predicted octanol–water partition coefficient (Wildman–Crippen LogP) is 4.03.